The lowest BCUT2D eigenvalue weighted by Crippen LogP contribution is -2.14. The first-order valence-electron chi connectivity index (χ1n) is 7.41. The first-order chi connectivity index (χ1) is 11.7. The van der Waals surface area contributed by atoms with Gasteiger partial charge in [0.05, 0.1) is 5.56 Å². The Morgan fingerprint density at radius 3 is 2.16 bits per heavy atom. The van der Waals surface area contributed by atoms with Crippen LogP contribution in [0.5, 0.6) is 0 Å². The zero-order chi connectivity index (χ0) is 18.7. The Kier molecular flexibility index (Phi) is 5.93. The Hall–Kier alpha value is -1.82. The van der Waals surface area contributed by atoms with E-state index in [9.17, 15) is 17.7 Å². The normalized spacial score (nSPS) is 13.5. The number of halogens is 3. The second-order valence-corrected chi connectivity index (χ2v) is 7.77. The predicted molar refractivity (Wildman–Crippen MR) is 90.6 cm³/mol. The van der Waals surface area contributed by atoms with E-state index in [-0.39, 0.29) is 5.69 Å². The summed E-state index contributed by atoms with van der Waals surface area (Å²) in [5, 5.41) is 2.86. The SMILES string of the molecule is COP(=O)(OC)[C@H](Nc1cccc(C(F)(F)F)c1)c1ccc(C)cc1. The van der Waals surface area contributed by atoms with Gasteiger partial charge in [-0.15, -0.1) is 0 Å². The number of hydrogen-bond donors (Lipinski definition) is 1. The van der Waals surface area contributed by atoms with Crippen molar-refractivity contribution in [3.05, 3.63) is 65.2 Å². The molecule has 0 heterocycles. The molecule has 0 amide bonds. The molecule has 0 spiro atoms. The molecule has 0 saturated carbocycles. The second kappa shape index (κ2) is 7.60. The summed E-state index contributed by atoms with van der Waals surface area (Å²) in [7, 11) is -1.17. The summed E-state index contributed by atoms with van der Waals surface area (Å²) in [5.74, 6) is -0.952. The van der Waals surface area contributed by atoms with Gasteiger partial charge < -0.3 is 14.4 Å². The minimum atomic E-state index is -4.47. The highest BCUT2D eigenvalue weighted by molar-refractivity contribution is 7.54. The largest absolute Gasteiger partial charge is 0.416 e. The number of aryl methyl sites for hydroxylation is 1. The monoisotopic (exact) mass is 373 g/mol. The van der Waals surface area contributed by atoms with Gasteiger partial charge in [0.15, 0.2) is 5.78 Å². The molecule has 8 heteroatoms. The fourth-order valence-electron chi connectivity index (χ4n) is 2.32. The van der Waals surface area contributed by atoms with Crippen LogP contribution >= 0.6 is 7.60 Å². The summed E-state index contributed by atoms with van der Waals surface area (Å²) in [6, 6.07) is 11.7. The molecule has 0 fully saturated rings. The van der Waals surface area contributed by atoms with Gasteiger partial charge in [0.2, 0.25) is 0 Å². The number of alkyl halides is 3. The van der Waals surface area contributed by atoms with Crippen molar-refractivity contribution in [3.63, 3.8) is 0 Å². The third-order valence-corrected chi connectivity index (χ3v) is 5.79. The molecule has 136 valence electrons. The minimum absolute atomic E-state index is 0.162. The Bertz CT molecular complexity index is 754. The van der Waals surface area contributed by atoms with E-state index in [0.717, 1.165) is 17.7 Å². The van der Waals surface area contributed by atoms with E-state index in [0.29, 0.717) is 5.56 Å². The lowest BCUT2D eigenvalue weighted by atomic mass is 10.1. The molecule has 4 nitrogen and oxygen atoms in total. The Labute approximate surface area is 144 Å². The predicted octanol–water partition coefficient (Wildman–Crippen LogP) is 5.61. The van der Waals surface area contributed by atoms with Gasteiger partial charge in [0.1, 0.15) is 0 Å². The molecule has 0 aromatic heterocycles. The van der Waals surface area contributed by atoms with Crippen molar-refractivity contribution < 1.29 is 26.8 Å². The van der Waals surface area contributed by atoms with Gasteiger partial charge in [0.25, 0.3) is 0 Å². The van der Waals surface area contributed by atoms with E-state index in [2.05, 4.69) is 5.32 Å². The molecule has 0 aliphatic heterocycles. The van der Waals surface area contributed by atoms with E-state index in [1.807, 2.05) is 19.1 Å². The van der Waals surface area contributed by atoms with Crippen LogP contribution in [0.3, 0.4) is 0 Å². The van der Waals surface area contributed by atoms with Gasteiger partial charge in [-0.1, -0.05) is 35.9 Å². The molecule has 2 aromatic carbocycles. The van der Waals surface area contributed by atoms with Gasteiger partial charge in [-0.2, -0.15) is 13.2 Å². The molecule has 0 radical (unpaired) electrons. The number of hydrogen-bond acceptors (Lipinski definition) is 4. The van der Waals surface area contributed by atoms with Crippen molar-refractivity contribution in [2.75, 3.05) is 19.5 Å². The maximum Gasteiger partial charge on any atom is 0.416 e. The lowest BCUT2D eigenvalue weighted by molar-refractivity contribution is -0.137. The van der Waals surface area contributed by atoms with E-state index in [1.54, 1.807) is 12.1 Å². The number of nitrogens with one attached hydrogen (secondary N) is 1. The molecule has 0 aliphatic carbocycles. The van der Waals surface area contributed by atoms with Crippen LogP contribution in [-0.2, 0) is 19.8 Å². The highest BCUT2D eigenvalue weighted by Gasteiger charge is 2.36. The molecule has 25 heavy (non-hydrogen) atoms. The van der Waals surface area contributed by atoms with Crippen LogP contribution in [0, 0.1) is 6.92 Å². The van der Waals surface area contributed by atoms with Crippen LogP contribution in [-0.4, -0.2) is 14.2 Å². The van der Waals surface area contributed by atoms with Crippen molar-refractivity contribution in [1.82, 2.24) is 0 Å². The van der Waals surface area contributed by atoms with Crippen LogP contribution in [0.4, 0.5) is 18.9 Å². The van der Waals surface area contributed by atoms with Crippen molar-refractivity contribution in [2.24, 2.45) is 0 Å². The summed E-state index contributed by atoms with van der Waals surface area (Å²) in [6.45, 7) is 1.89. The Balaban J connectivity index is 2.44. The summed E-state index contributed by atoms with van der Waals surface area (Å²) in [5.41, 5.74) is 0.931. The molecule has 1 atom stereocenters. The van der Waals surface area contributed by atoms with Crippen molar-refractivity contribution >= 4 is 13.3 Å². The topological polar surface area (TPSA) is 47.6 Å². The average Bonchev–Trinajstić information content (AvgIpc) is 2.59. The van der Waals surface area contributed by atoms with Crippen LogP contribution in [0.2, 0.25) is 0 Å². The van der Waals surface area contributed by atoms with Gasteiger partial charge in [-0.05, 0) is 30.7 Å². The first kappa shape index (κ1) is 19.5. The van der Waals surface area contributed by atoms with E-state index >= 15 is 0 Å². The van der Waals surface area contributed by atoms with Crippen molar-refractivity contribution in [3.8, 4) is 0 Å². The minimum Gasteiger partial charge on any atom is -0.368 e. The van der Waals surface area contributed by atoms with Gasteiger partial charge >= 0.3 is 13.8 Å². The molecule has 2 rings (SSSR count). The highest BCUT2D eigenvalue weighted by atomic mass is 31.2. The van der Waals surface area contributed by atoms with Crippen LogP contribution in [0.25, 0.3) is 0 Å². The molecule has 0 saturated heterocycles. The maximum atomic E-state index is 12.9. The molecule has 0 aliphatic rings. The quantitative estimate of drug-likeness (QED) is 0.669. The van der Waals surface area contributed by atoms with Gasteiger partial charge in [0, 0.05) is 19.9 Å². The summed E-state index contributed by atoms with van der Waals surface area (Å²) < 4.78 is 61.7. The third-order valence-electron chi connectivity index (χ3n) is 3.71. The van der Waals surface area contributed by atoms with Gasteiger partial charge in [-0.3, -0.25) is 4.57 Å². The number of anilines is 1. The molecule has 1 N–H and O–H groups in total. The number of benzene rings is 2. The molecular formula is C17H19F3NO3P. The Morgan fingerprint density at radius 2 is 1.64 bits per heavy atom. The maximum absolute atomic E-state index is 12.9. The zero-order valence-corrected chi connectivity index (χ0v) is 14.9. The first-order valence-corrected chi connectivity index (χ1v) is 9.02. The zero-order valence-electron chi connectivity index (χ0n) is 14.0. The molecule has 2 aromatic rings. The van der Waals surface area contributed by atoms with E-state index in [1.165, 1.54) is 26.4 Å². The summed E-state index contributed by atoms with van der Waals surface area (Å²) >= 11 is 0. The Morgan fingerprint density at radius 1 is 1.04 bits per heavy atom. The third kappa shape index (κ3) is 4.63. The number of rotatable bonds is 6. The van der Waals surface area contributed by atoms with Crippen LogP contribution in [0.1, 0.15) is 22.5 Å². The van der Waals surface area contributed by atoms with Gasteiger partial charge in [-0.25, -0.2) is 0 Å². The van der Waals surface area contributed by atoms with Crippen LogP contribution in [0.15, 0.2) is 48.5 Å². The highest BCUT2D eigenvalue weighted by Crippen LogP contribution is 2.59. The fourth-order valence-corrected chi connectivity index (χ4v) is 3.74. The van der Waals surface area contributed by atoms with Crippen molar-refractivity contribution in [1.29, 1.82) is 0 Å². The van der Waals surface area contributed by atoms with E-state index in [4.69, 9.17) is 9.05 Å². The molecule has 0 bridgehead atoms. The smallest absolute Gasteiger partial charge is 0.368 e. The van der Waals surface area contributed by atoms with Crippen molar-refractivity contribution in [2.45, 2.75) is 18.9 Å². The summed E-state index contributed by atoms with van der Waals surface area (Å²) in [6.07, 6.45) is -4.47. The van der Waals surface area contributed by atoms with E-state index < -0.39 is 25.1 Å². The van der Waals surface area contributed by atoms with Crippen LogP contribution < -0.4 is 5.32 Å². The second-order valence-electron chi connectivity index (χ2n) is 5.44. The summed E-state index contributed by atoms with van der Waals surface area (Å²) in [4.78, 5) is 0. The molecular weight excluding hydrogens is 354 g/mol. The average molecular weight is 373 g/mol. The standard InChI is InChI=1S/C17H19F3NO3P/c1-12-7-9-13(10-8-12)16(25(22,23-2)24-3)21-15-6-4-5-14(11-15)17(18,19)20/h4-11,16,21H,1-3H3/t16-/m0/s1. The lowest BCUT2D eigenvalue weighted by Gasteiger charge is -2.27. The fraction of sp³-hybridized carbons (Fsp3) is 0.294. The molecule has 0 unspecified atom stereocenters.